The second kappa shape index (κ2) is 6.79. The van der Waals surface area contributed by atoms with Gasteiger partial charge in [0.25, 0.3) is 5.91 Å². The monoisotopic (exact) mass is 345 g/mol. The maximum absolute atomic E-state index is 12.8. The number of nitrogens with zero attached hydrogens (tertiary/aromatic N) is 3. The van der Waals surface area contributed by atoms with Gasteiger partial charge in [0.2, 0.25) is 0 Å². The minimum Gasteiger partial charge on any atom is -0.378 e. The van der Waals surface area contributed by atoms with Gasteiger partial charge in [-0.3, -0.25) is 9.78 Å². The molecular formula is C22H23N3O. The van der Waals surface area contributed by atoms with Gasteiger partial charge in [0, 0.05) is 61.6 Å². The van der Waals surface area contributed by atoms with Crippen molar-refractivity contribution in [2.24, 2.45) is 0 Å². The molecule has 3 aromatic rings. The first-order valence-electron chi connectivity index (χ1n) is 9.03. The van der Waals surface area contributed by atoms with E-state index in [-0.39, 0.29) is 5.91 Å². The number of anilines is 1. The largest absolute Gasteiger partial charge is 0.378 e. The predicted octanol–water partition coefficient (Wildman–Crippen LogP) is 3.93. The van der Waals surface area contributed by atoms with Crippen LogP contribution in [0.5, 0.6) is 0 Å². The molecule has 1 fully saturated rings. The highest BCUT2D eigenvalue weighted by molar-refractivity contribution is 5.94. The molecule has 1 atom stereocenters. The van der Waals surface area contributed by atoms with E-state index >= 15 is 0 Å². The number of hydrogen-bond donors (Lipinski definition) is 0. The zero-order valence-electron chi connectivity index (χ0n) is 15.2. The van der Waals surface area contributed by atoms with Gasteiger partial charge in [-0.05, 0) is 42.1 Å². The molecule has 1 aliphatic rings. The van der Waals surface area contributed by atoms with Crippen LogP contribution in [0.15, 0.2) is 60.8 Å². The molecule has 0 bridgehead atoms. The topological polar surface area (TPSA) is 36.4 Å². The average Bonchev–Trinajstić information content (AvgIpc) is 3.17. The minimum absolute atomic E-state index is 0.110. The third-order valence-electron chi connectivity index (χ3n) is 5.18. The highest BCUT2D eigenvalue weighted by Gasteiger charge is 2.28. The van der Waals surface area contributed by atoms with Crippen molar-refractivity contribution in [3.63, 3.8) is 0 Å². The second-order valence-corrected chi connectivity index (χ2v) is 7.13. The summed E-state index contributed by atoms with van der Waals surface area (Å²) in [6, 6.07) is 18.3. The van der Waals surface area contributed by atoms with Crippen molar-refractivity contribution >= 4 is 22.4 Å². The van der Waals surface area contributed by atoms with E-state index in [1.54, 1.807) is 0 Å². The molecule has 1 aliphatic heterocycles. The predicted molar refractivity (Wildman–Crippen MR) is 106 cm³/mol. The molecule has 0 N–H and O–H groups in total. The van der Waals surface area contributed by atoms with Gasteiger partial charge >= 0.3 is 0 Å². The van der Waals surface area contributed by atoms with Crippen molar-refractivity contribution in [3.8, 4) is 0 Å². The van der Waals surface area contributed by atoms with Crippen LogP contribution in [-0.4, -0.2) is 43.0 Å². The lowest BCUT2D eigenvalue weighted by Gasteiger charge is -2.18. The molecule has 4 nitrogen and oxygen atoms in total. The average molecular weight is 345 g/mol. The zero-order valence-corrected chi connectivity index (χ0v) is 15.2. The zero-order chi connectivity index (χ0) is 18.1. The van der Waals surface area contributed by atoms with Crippen LogP contribution in [0.4, 0.5) is 5.69 Å². The van der Waals surface area contributed by atoms with Gasteiger partial charge in [0.1, 0.15) is 0 Å². The summed E-state index contributed by atoms with van der Waals surface area (Å²) in [7, 11) is 4.00. The van der Waals surface area contributed by atoms with Gasteiger partial charge in [-0.2, -0.15) is 0 Å². The van der Waals surface area contributed by atoms with Gasteiger partial charge in [0.15, 0.2) is 0 Å². The highest BCUT2D eigenvalue weighted by atomic mass is 16.2. The molecule has 0 unspecified atom stereocenters. The van der Waals surface area contributed by atoms with Gasteiger partial charge in [0.05, 0.1) is 0 Å². The molecule has 0 aliphatic carbocycles. The smallest absolute Gasteiger partial charge is 0.253 e. The van der Waals surface area contributed by atoms with Crippen LogP contribution >= 0.6 is 0 Å². The van der Waals surface area contributed by atoms with Gasteiger partial charge < -0.3 is 9.80 Å². The summed E-state index contributed by atoms with van der Waals surface area (Å²) in [5.41, 5.74) is 2.94. The number of carbonyl (C=O) groups excluding carboxylic acids is 1. The van der Waals surface area contributed by atoms with E-state index in [0.717, 1.165) is 41.8 Å². The second-order valence-electron chi connectivity index (χ2n) is 7.13. The Morgan fingerprint density at radius 3 is 2.54 bits per heavy atom. The first-order chi connectivity index (χ1) is 12.6. The Bertz CT molecular complexity index is 934. The van der Waals surface area contributed by atoms with Crippen LogP contribution < -0.4 is 4.90 Å². The summed E-state index contributed by atoms with van der Waals surface area (Å²) in [6.07, 6.45) is 2.90. The van der Waals surface area contributed by atoms with Gasteiger partial charge in [-0.15, -0.1) is 0 Å². The van der Waals surface area contributed by atoms with Crippen molar-refractivity contribution < 1.29 is 4.79 Å². The fourth-order valence-electron chi connectivity index (χ4n) is 3.59. The van der Waals surface area contributed by atoms with Crippen LogP contribution in [0.2, 0.25) is 0 Å². The molecule has 0 radical (unpaired) electrons. The molecule has 0 saturated carbocycles. The molecule has 132 valence electrons. The number of hydrogen-bond acceptors (Lipinski definition) is 3. The molecule has 2 aromatic carbocycles. The number of likely N-dealkylation sites (tertiary alicyclic amines) is 1. The third-order valence-corrected chi connectivity index (χ3v) is 5.18. The van der Waals surface area contributed by atoms with Crippen LogP contribution in [-0.2, 0) is 0 Å². The van der Waals surface area contributed by atoms with E-state index in [4.69, 9.17) is 0 Å². The summed E-state index contributed by atoms with van der Waals surface area (Å²) in [4.78, 5) is 21.4. The standard InChI is InChI=1S/C22H23N3O/c1-24(2)20-9-7-16(8-10-20)22(26)25-12-11-19(15-25)21-13-17-5-3-4-6-18(17)14-23-21/h3-10,13-14,19H,11-12,15H2,1-2H3/t19-/m0/s1. The fourth-order valence-corrected chi connectivity index (χ4v) is 3.59. The lowest BCUT2D eigenvalue weighted by atomic mass is 10.0. The van der Waals surface area contributed by atoms with E-state index < -0.39 is 0 Å². The number of benzene rings is 2. The Labute approximate surface area is 154 Å². The molecule has 4 rings (SSSR count). The maximum Gasteiger partial charge on any atom is 0.253 e. The van der Waals surface area contributed by atoms with E-state index in [1.807, 2.05) is 66.5 Å². The number of fused-ring (bicyclic) bond motifs is 1. The summed E-state index contributed by atoms with van der Waals surface area (Å²) >= 11 is 0. The van der Waals surface area contributed by atoms with Crippen LogP contribution in [0, 0.1) is 0 Å². The Balaban J connectivity index is 1.49. The number of pyridine rings is 1. The lowest BCUT2D eigenvalue weighted by Crippen LogP contribution is -2.28. The van der Waals surface area contributed by atoms with E-state index in [0.29, 0.717) is 5.92 Å². The molecule has 2 heterocycles. The summed E-state index contributed by atoms with van der Waals surface area (Å²) in [6.45, 7) is 1.52. The fraction of sp³-hybridized carbons (Fsp3) is 0.273. The van der Waals surface area contributed by atoms with E-state index in [1.165, 1.54) is 5.39 Å². The number of rotatable bonds is 3. The highest BCUT2D eigenvalue weighted by Crippen LogP contribution is 2.29. The Kier molecular flexibility index (Phi) is 4.33. The normalized spacial score (nSPS) is 16.8. The first-order valence-corrected chi connectivity index (χ1v) is 9.03. The molecular weight excluding hydrogens is 322 g/mol. The van der Waals surface area contributed by atoms with Crippen LogP contribution in [0.1, 0.15) is 28.4 Å². The summed E-state index contributed by atoms with van der Waals surface area (Å²) < 4.78 is 0. The molecule has 1 amide bonds. The molecule has 1 saturated heterocycles. The maximum atomic E-state index is 12.8. The van der Waals surface area contributed by atoms with Crippen LogP contribution in [0.3, 0.4) is 0 Å². The van der Waals surface area contributed by atoms with Crippen molar-refractivity contribution in [2.45, 2.75) is 12.3 Å². The quantitative estimate of drug-likeness (QED) is 0.722. The van der Waals surface area contributed by atoms with Crippen LogP contribution in [0.25, 0.3) is 10.8 Å². The molecule has 26 heavy (non-hydrogen) atoms. The molecule has 4 heteroatoms. The minimum atomic E-state index is 0.110. The SMILES string of the molecule is CN(C)c1ccc(C(=O)N2CC[C@H](c3cc4ccccc4cn3)C2)cc1. The number of amides is 1. The number of aromatic nitrogens is 1. The number of carbonyl (C=O) groups is 1. The van der Waals surface area contributed by atoms with E-state index in [2.05, 4.69) is 23.2 Å². The van der Waals surface area contributed by atoms with Gasteiger partial charge in [-0.1, -0.05) is 24.3 Å². The van der Waals surface area contributed by atoms with Crippen molar-refractivity contribution in [3.05, 3.63) is 72.1 Å². The molecule has 1 aromatic heterocycles. The van der Waals surface area contributed by atoms with Crippen molar-refractivity contribution in [1.29, 1.82) is 0 Å². The molecule has 0 spiro atoms. The Morgan fingerprint density at radius 2 is 1.81 bits per heavy atom. The Hall–Kier alpha value is -2.88. The lowest BCUT2D eigenvalue weighted by molar-refractivity contribution is 0.0790. The third kappa shape index (κ3) is 3.15. The van der Waals surface area contributed by atoms with Crippen molar-refractivity contribution in [2.75, 3.05) is 32.1 Å². The first kappa shape index (κ1) is 16.6. The van der Waals surface area contributed by atoms with E-state index in [9.17, 15) is 4.79 Å². The van der Waals surface area contributed by atoms with Crippen molar-refractivity contribution in [1.82, 2.24) is 9.88 Å². The summed E-state index contributed by atoms with van der Waals surface area (Å²) in [5, 5.41) is 2.37. The van der Waals surface area contributed by atoms with Gasteiger partial charge in [-0.25, -0.2) is 0 Å². The summed E-state index contributed by atoms with van der Waals surface area (Å²) in [5.74, 6) is 0.420. The Morgan fingerprint density at radius 1 is 1.08 bits per heavy atom.